The first-order valence-electron chi connectivity index (χ1n) is 13.9. The van der Waals surface area contributed by atoms with Gasteiger partial charge in [-0.25, -0.2) is 4.68 Å². The highest BCUT2D eigenvalue weighted by Crippen LogP contribution is 2.36. The van der Waals surface area contributed by atoms with E-state index in [1.807, 2.05) is 6.07 Å². The van der Waals surface area contributed by atoms with Gasteiger partial charge in [-0.1, -0.05) is 58.4 Å². The summed E-state index contributed by atoms with van der Waals surface area (Å²) >= 11 is 0. The van der Waals surface area contributed by atoms with E-state index in [0.29, 0.717) is 18.6 Å². The first-order chi connectivity index (χ1) is 17.2. The average Bonchev–Trinajstić information content (AvgIpc) is 3.59. The summed E-state index contributed by atoms with van der Waals surface area (Å²) in [4.78, 5) is 19.0. The molecule has 0 bridgehead atoms. The molecule has 0 amide bonds. The number of aromatic nitrogens is 5. The Bertz CT molecular complexity index is 1170. The minimum atomic E-state index is 0.0215. The number of aromatic amines is 1. The minimum Gasteiger partial charge on any atom is -0.322 e. The number of fused-ring (bicyclic) bond motifs is 1. The molecule has 2 aliphatic rings. The molecule has 2 fully saturated rings. The van der Waals surface area contributed by atoms with Crippen LogP contribution in [0.25, 0.3) is 10.9 Å². The van der Waals surface area contributed by atoms with E-state index in [-0.39, 0.29) is 11.6 Å². The van der Waals surface area contributed by atoms with Gasteiger partial charge < -0.3 is 4.98 Å². The molecule has 0 radical (unpaired) electrons. The molecule has 3 aromatic rings. The molecule has 188 valence electrons. The highest BCUT2D eigenvalue weighted by atomic mass is 16.1. The molecule has 5 rings (SSSR count). The van der Waals surface area contributed by atoms with Gasteiger partial charge in [0.2, 0.25) is 0 Å². The van der Waals surface area contributed by atoms with Crippen LogP contribution in [0.3, 0.4) is 0 Å². The van der Waals surface area contributed by atoms with E-state index in [2.05, 4.69) is 62.1 Å². The lowest BCUT2D eigenvalue weighted by atomic mass is 9.91. The van der Waals surface area contributed by atoms with E-state index in [0.717, 1.165) is 54.4 Å². The van der Waals surface area contributed by atoms with E-state index in [9.17, 15) is 4.79 Å². The predicted molar refractivity (Wildman–Crippen MR) is 139 cm³/mol. The molecule has 35 heavy (non-hydrogen) atoms. The highest BCUT2D eigenvalue weighted by molar-refractivity contribution is 5.79. The summed E-state index contributed by atoms with van der Waals surface area (Å²) in [5, 5.41) is 14.3. The van der Waals surface area contributed by atoms with E-state index in [1.165, 1.54) is 50.5 Å². The monoisotopic (exact) mass is 476 g/mol. The maximum atomic E-state index is 13.2. The Labute approximate surface area is 208 Å². The summed E-state index contributed by atoms with van der Waals surface area (Å²) < 4.78 is 2.13. The Morgan fingerprint density at radius 1 is 1.06 bits per heavy atom. The first-order valence-corrected chi connectivity index (χ1v) is 13.9. The van der Waals surface area contributed by atoms with Crippen LogP contribution >= 0.6 is 0 Å². The van der Waals surface area contributed by atoms with Crippen molar-refractivity contribution in [3.63, 3.8) is 0 Å². The van der Waals surface area contributed by atoms with Crippen molar-refractivity contribution in [2.75, 3.05) is 0 Å². The lowest BCUT2D eigenvalue weighted by Crippen LogP contribution is -2.41. The highest BCUT2D eigenvalue weighted by Gasteiger charge is 2.34. The normalized spacial score (nSPS) is 18.6. The standard InChI is InChI=1S/C28H40N6O/c1-3-10-26(27-30-31-32-34(27)24-13-8-9-14-24)33(23-11-6-5-7-12-23)19-22-18-21-17-20(4-2)15-16-25(21)29-28(22)35/h15-18,23-24,26H,3-14,19H2,1-2H3,(H,29,35)/t26-/m0/s1. The first kappa shape index (κ1) is 24.2. The molecule has 0 unspecified atom stereocenters. The number of nitrogens with one attached hydrogen (secondary N) is 1. The molecule has 7 nitrogen and oxygen atoms in total. The number of H-pyrrole nitrogens is 1. The molecule has 2 aliphatic carbocycles. The quantitative estimate of drug-likeness (QED) is 0.418. The van der Waals surface area contributed by atoms with Crippen molar-refractivity contribution in [2.24, 2.45) is 0 Å². The van der Waals surface area contributed by atoms with Gasteiger partial charge in [0.15, 0.2) is 5.82 Å². The second kappa shape index (κ2) is 11.0. The maximum absolute atomic E-state index is 13.2. The zero-order valence-corrected chi connectivity index (χ0v) is 21.4. The van der Waals surface area contributed by atoms with Gasteiger partial charge >= 0.3 is 0 Å². The van der Waals surface area contributed by atoms with Gasteiger partial charge in [-0.2, -0.15) is 0 Å². The van der Waals surface area contributed by atoms with Crippen molar-refractivity contribution in [3.05, 3.63) is 51.6 Å². The molecule has 1 atom stereocenters. The van der Waals surface area contributed by atoms with Crippen molar-refractivity contribution in [2.45, 2.75) is 116 Å². The summed E-state index contributed by atoms with van der Waals surface area (Å²) in [7, 11) is 0. The van der Waals surface area contributed by atoms with Crippen molar-refractivity contribution in [1.82, 2.24) is 30.1 Å². The van der Waals surface area contributed by atoms with Gasteiger partial charge in [0.25, 0.3) is 5.56 Å². The number of benzene rings is 1. The summed E-state index contributed by atoms with van der Waals surface area (Å²) in [6, 6.07) is 9.45. The number of tetrazole rings is 1. The van der Waals surface area contributed by atoms with Gasteiger partial charge in [0.05, 0.1) is 12.1 Å². The van der Waals surface area contributed by atoms with Crippen LogP contribution in [0.2, 0.25) is 0 Å². The Balaban J connectivity index is 1.53. The van der Waals surface area contributed by atoms with Crippen LogP contribution in [0.5, 0.6) is 0 Å². The van der Waals surface area contributed by atoms with Crippen molar-refractivity contribution in [1.29, 1.82) is 0 Å². The topological polar surface area (TPSA) is 79.7 Å². The molecule has 2 saturated carbocycles. The van der Waals surface area contributed by atoms with Gasteiger partial charge in [0, 0.05) is 23.7 Å². The van der Waals surface area contributed by atoms with E-state index in [4.69, 9.17) is 0 Å². The van der Waals surface area contributed by atoms with Crippen LogP contribution in [0.4, 0.5) is 0 Å². The largest absolute Gasteiger partial charge is 0.322 e. The third-order valence-corrected chi connectivity index (χ3v) is 8.24. The molecule has 7 heteroatoms. The van der Waals surface area contributed by atoms with Gasteiger partial charge in [-0.05, 0) is 78.1 Å². The minimum absolute atomic E-state index is 0.0215. The Hall–Kier alpha value is -2.54. The Kier molecular flexibility index (Phi) is 7.61. The third kappa shape index (κ3) is 5.20. The summed E-state index contributed by atoms with van der Waals surface area (Å²) in [5.74, 6) is 0.995. The van der Waals surface area contributed by atoms with Crippen molar-refractivity contribution >= 4 is 10.9 Å². The van der Waals surface area contributed by atoms with Gasteiger partial charge in [-0.3, -0.25) is 9.69 Å². The lowest BCUT2D eigenvalue weighted by molar-refractivity contribution is 0.0798. The molecule has 0 aliphatic heterocycles. The zero-order valence-electron chi connectivity index (χ0n) is 21.4. The summed E-state index contributed by atoms with van der Waals surface area (Å²) in [6.45, 7) is 5.04. The number of nitrogens with zero attached hydrogens (tertiary/aromatic N) is 5. The van der Waals surface area contributed by atoms with Crippen molar-refractivity contribution in [3.8, 4) is 0 Å². The molecule has 1 N–H and O–H groups in total. The molecule has 0 saturated heterocycles. The van der Waals surface area contributed by atoms with Crippen LogP contribution in [0.15, 0.2) is 29.1 Å². The second-order valence-corrected chi connectivity index (χ2v) is 10.6. The number of rotatable bonds is 9. The number of hydrogen-bond donors (Lipinski definition) is 1. The maximum Gasteiger partial charge on any atom is 0.252 e. The van der Waals surface area contributed by atoms with Crippen LogP contribution in [-0.4, -0.2) is 36.1 Å². The predicted octanol–water partition coefficient (Wildman–Crippen LogP) is 5.87. The fourth-order valence-electron chi connectivity index (χ4n) is 6.29. The molecular weight excluding hydrogens is 436 g/mol. The molecule has 2 aromatic heterocycles. The Morgan fingerprint density at radius 2 is 1.83 bits per heavy atom. The van der Waals surface area contributed by atoms with E-state index < -0.39 is 0 Å². The molecule has 1 aromatic carbocycles. The lowest BCUT2D eigenvalue weighted by Gasteiger charge is -2.39. The average molecular weight is 477 g/mol. The van der Waals surface area contributed by atoms with Gasteiger partial charge in [-0.15, -0.1) is 5.10 Å². The van der Waals surface area contributed by atoms with E-state index in [1.54, 1.807) is 0 Å². The fourth-order valence-corrected chi connectivity index (χ4v) is 6.29. The smallest absolute Gasteiger partial charge is 0.252 e. The van der Waals surface area contributed by atoms with Crippen LogP contribution in [0.1, 0.15) is 114 Å². The number of hydrogen-bond acceptors (Lipinski definition) is 5. The SMILES string of the molecule is CCC[C@@H](c1nnnn1C1CCCC1)N(Cc1cc2cc(CC)ccc2[nH]c1=O)C1CCCCC1. The zero-order chi connectivity index (χ0) is 24.2. The summed E-state index contributed by atoms with van der Waals surface area (Å²) in [6.07, 6.45) is 14.0. The third-order valence-electron chi connectivity index (χ3n) is 8.24. The Morgan fingerprint density at radius 3 is 2.57 bits per heavy atom. The van der Waals surface area contributed by atoms with Crippen molar-refractivity contribution < 1.29 is 0 Å². The fraction of sp³-hybridized carbons (Fsp3) is 0.643. The number of pyridine rings is 1. The summed E-state index contributed by atoms with van der Waals surface area (Å²) in [5.41, 5.74) is 3.07. The van der Waals surface area contributed by atoms with E-state index >= 15 is 0 Å². The van der Waals surface area contributed by atoms with Crippen LogP contribution < -0.4 is 5.56 Å². The second-order valence-electron chi connectivity index (χ2n) is 10.6. The molecule has 0 spiro atoms. The molecular formula is C28H40N6O. The van der Waals surface area contributed by atoms with Crippen LogP contribution in [0, 0.1) is 0 Å². The number of aryl methyl sites for hydroxylation is 1. The molecule has 2 heterocycles. The van der Waals surface area contributed by atoms with Crippen LogP contribution in [-0.2, 0) is 13.0 Å². The van der Waals surface area contributed by atoms with Gasteiger partial charge in [0.1, 0.15) is 0 Å².